The molecule has 0 unspecified atom stereocenters. The van der Waals surface area contributed by atoms with Crippen LogP contribution in [0.4, 0.5) is 5.69 Å². The standard InChI is InChI=1S/C19H14N2O4/c1-11-5-3-4-6-16(11)21-17(22)14-8-7-13(9-15(14)18(21)23)19(24)25-12(2)10-20/h3-9,12H,1-2H3/t12-/m1/s1. The lowest BCUT2D eigenvalue weighted by Gasteiger charge is -2.16. The number of para-hydroxylation sites is 1. The van der Waals surface area contributed by atoms with E-state index in [1.807, 2.05) is 19.1 Å². The van der Waals surface area contributed by atoms with Crippen LogP contribution in [0.5, 0.6) is 0 Å². The van der Waals surface area contributed by atoms with Gasteiger partial charge in [0.25, 0.3) is 11.8 Å². The molecule has 25 heavy (non-hydrogen) atoms. The van der Waals surface area contributed by atoms with Crippen LogP contribution >= 0.6 is 0 Å². The van der Waals surface area contributed by atoms with Gasteiger partial charge in [0, 0.05) is 0 Å². The Morgan fingerprint density at radius 2 is 1.80 bits per heavy atom. The van der Waals surface area contributed by atoms with E-state index in [0.717, 1.165) is 10.5 Å². The summed E-state index contributed by atoms with van der Waals surface area (Å²) < 4.78 is 4.93. The van der Waals surface area contributed by atoms with E-state index >= 15 is 0 Å². The third kappa shape index (κ3) is 2.76. The summed E-state index contributed by atoms with van der Waals surface area (Å²) in [4.78, 5) is 38.5. The van der Waals surface area contributed by atoms with Crippen LogP contribution in [0.25, 0.3) is 0 Å². The molecule has 0 N–H and O–H groups in total. The van der Waals surface area contributed by atoms with Gasteiger partial charge in [0.15, 0.2) is 6.10 Å². The van der Waals surface area contributed by atoms with Crippen molar-refractivity contribution in [3.63, 3.8) is 0 Å². The average Bonchev–Trinajstić information content (AvgIpc) is 2.86. The van der Waals surface area contributed by atoms with Crippen LogP contribution < -0.4 is 4.90 Å². The number of nitrogens with zero attached hydrogens (tertiary/aromatic N) is 2. The highest BCUT2D eigenvalue weighted by atomic mass is 16.5. The van der Waals surface area contributed by atoms with E-state index in [-0.39, 0.29) is 16.7 Å². The van der Waals surface area contributed by atoms with Crippen molar-refractivity contribution in [2.75, 3.05) is 4.90 Å². The largest absolute Gasteiger partial charge is 0.444 e. The van der Waals surface area contributed by atoms with Crippen LogP contribution in [0.15, 0.2) is 42.5 Å². The summed E-state index contributed by atoms with van der Waals surface area (Å²) in [5.41, 5.74) is 1.80. The summed E-state index contributed by atoms with van der Waals surface area (Å²) in [5.74, 6) is -1.64. The monoisotopic (exact) mass is 334 g/mol. The first-order valence-corrected chi connectivity index (χ1v) is 7.63. The molecule has 124 valence electrons. The van der Waals surface area contributed by atoms with Crippen molar-refractivity contribution in [3.05, 3.63) is 64.7 Å². The number of carbonyl (C=O) groups is 3. The molecule has 2 amide bonds. The lowest BCUT2D eigenvalue weighted by atomic mass is 10.1. The maximum Gasteiger partial charge on any atom is 0.339 e. The second-order valence-corrected chi connectivity index (χ2v) is 5.67. The van der Waals surface area contributed by atoms with Crippen LogP contribution in [0, 0.1) is 18.3 Å². The molecule has 0 aliphatic carbocycles. The zero-order chi connectivity index (χ0) is 18.1. The summed E-state index contributed by atoms with van der Waals surface area (Å²) in [6.07, 6.45) is -0.901. The lowest BCUT2D eigenvalue weighted by molar-refractivity contribution is 0.0435. The van der Waals surface area contributed by atoms with Gasteiger partial charge in [-0.15, -0.1) is 0 Å². The van der Waals surface area contributed by atoms with Crippen molar-refractivity contribution in [2.24, 2.45) is 0 Å². The van der Waals surface area contributed by atoms with Gasteiger partial charge in [-0.2, -0.15) is 5.26 Å². The smallest absolute Gasteiger partial charge is 0.339 e. The van der Waals surface area contributed by atoms with Crippen molar-refractivity contribution >= 4 is 23.5 Å². The number of anilines is 1. The summed E-state index contributed by atoms with van der Waals surface area (Å²) in [6, 6.07) is 13.1. The van der Waals surface area contributed by atoms with Crippen molar-refractivity contribution in [3.8, 4) is 6.07 Å². The average molecular weight is 334 g/mol. The lowest BCUT2D eigenvalue weighted by Crippen LogP contribution is -2.29. The first kappa shape index (κ1) is 16.4. The number of amides is 2. The van der Waals surface area contributed by atoms with E-state index in [4.69, 9.17) is 10.00 Å². The number of imide groups is 1. The molecule has 1 atom stereocenters. The Balaban J connectivity index is 1.98. The molecular formula is C19H14N2O4. The second-order valence-electron chi connectivity index (χ2n) is 5.67. The molecular weight excluding hydrogens is 320 g/mol. The highest BCUT2D eigenvalue weighted by Crippen LogP contribution is 2.31. The number of benzene rings is 2. The Hall–Kier alpha value is -3.46. The number of hydrogen-bond acceptors (Lipinski definition) is 5. The third-order valence-electron chi connectivity index (χ3n) is 3.94. The topological polar surface area (TPSA) is 87.5 Å². The van der Waals surface area contributed by atoms with Gasteiger partial charge in [0.1, 0.15) is 6.07 Å². The number of ether oxygens (including phenoxy) is 1. The number of nitriles is 1. The van der Waals surface area contributed by atoms with Gasteiger partial charge in [0.05, 0.1) is 22.4 Å². The Kier molecular flexibility index (Phi) is 4.07. The SMILES string of the molecule is Cc1ccccc1N1C(=O)c2ccc(C(=O)O[C@H](C)C#N)cc2C1=O. The molecule has 0 aromatic heterocycles. The van der Waals surface area contributed by atoms with Gasteiger partial charge in [-0.05, 0) is 43.7 Å². The summed E-state index contributed by atoms with van der Waals surface area (Å²) in [5, 5.41) is 8.72. The third-order valence-corrected chi connectivity index (χ3v) is 3.94. The second kappa shape index (κ2) is 6.21. The molecule has 2 aromatic rings. The minimum Gasteiger partial charge on any atom is -0.444 e. The molecule has 2 aromatic carbocycles. The van der Waals surface area contributed by atoms with Gasteiger partial charge in [-0.1, -0.05) is 18.2 Å². The quantitative estimate of drug-likeness (QED) is 0.636. The molecule has 1 heterocycles. The van der Waals surface area contributed by atoms with Crippen LogP contribution in [-0.2, 0) is 4.74 Å². The van der Waals surface area contributed by atoms with E-state index in [1.165, 1.54) is 25.1 Å². The molecule has 0 fully saturated rings. The number of aryl methyl sites for hydroxylation is 1. The Morgan fingerprint density at radius 3 is 2.48 bits per heavy atom. The highest BCUT2D eigenvalue weighted by Gasteiger charge is 2.37. The summed E-state index contributed by atoms with van der Waals surface area (Å²) in [6.45, 7) is 3.25. The predicted molar refractivity (Wildman–Crippen MR) is 89.3 cm³/mol. The fourth-order valence-corrected chi connectivity index (χ4v) is 2.66. The number of carbonyl (C=O) groups excluding carboxylic acids is 3. The van der Waals surface area contributed by atoms with Gasteiger partial charge >= 0.3 is 5.97 Å². The molecule has 0 radical (unpaired) electrons. The van der Waals surface area contributed by atoms with E-state index < -0.39 is 23.9 Å². The molecule has 3 rings (SSSR count). The molecule has 0 saturated heterocycles. The fourth-order valence-electron chi connectivity index (χ4n) is 2.66. The molecule has 0 saturated carbocycles. The van der Waals surface area contributed by atoms with E-state index in [9.17, 15) is 14.4 Å². The van der Waals surface area contributed by atoms with Crippen LogP contribution in [0.3, 0.4) is 0 Å². The van der Waals surface area contributed by atoms with Gasteiger partial charge < -0.3 is 4.74 Å². The Bertz CT molecular complexity index is 943. The molecule has 0 spiro atoms. The van der Waals surface area contributed by atoms with Gasteiger partial charge in [-0.3, -0.25) is 9.59 Å². The van der Waals surface area contributed by atoms with E-state index in [2.05, 4.69) is 0 Å². The van der Waals surface area contributed by atoms with Crippen LogP contribution in [-0.4, -0.2) is 23.9 Å². The number of fused-ring (bicyclic) bond motifs is 1. The number of hydrogen-bond donors (Lipinski definition) is 0. The Labute approximate surface area is 144 Å². The maximum absolute atomic E-state index is 12.7. The normalized spacial score (nSPS) is 14.0. The zero-order valence-corrected chi connectivity index (χ0v) is 13.6. The minimum absolute atomic E-state index is 0.119. The number of rotatable bonds is 3. The van der Waals surface area contributed by atoms with E-state index in [0.29, 0.717) is 5.69 Å². The van der Waals surface area contributed by atoms with Crippen molar-refractivity contribution in [1.82, 2.24) is 0 Å². The predicted octanol–water partition coefficient (Wildman–Crippen LogP) is 2.86. The highest BCUT2D eigenvalue weighted by molar-refractivity contribution is 6.34. The molecule has 0 bridgehead atoms. The number of esters is 1. The summed E-state index contributed by atoms with van der Waals surface area (Å²) >= 11 is 0. The van der Waals surface area contributed by atoms with Crippen LogP contribution in [0.1, 0.15) is 43.6 Å². The molecule has 6 heteroatoms. The summed E-state index contributed by atoms with van der Waals surface area (Å²) in [7, 11) is 0. The van der Waals surface area contributed by atoms with Gasteiger partial charge in [0.2, 0.25) is 0 Å². The van der Waals surface area contributed by atoms with Crippen molar-refractivity contribution in [1.29, 1.82) is 5.26 Å². The first-order valence-electron chi connectivity index (χ1n) is 7.63. The molecule has 1 aliphatic rings. The minimum atomic E-state index is -0.901. The zero-order valence-electron chi connectivity index (χ0n) is 13.6. The van der Waals surface area contributed by atoms with E-state index in [1.54, 1.807) is 18.2 Å². The fraction of sp³-hybridized carbons (Fsp3) is 0.158. The first-order chi connectivity index (χ1) is 11.9. The molecule has 1 aliphatic heterocycles. The van der Waals surface area contributed by atoms with Crippen molar-refractivity contribution < 1.29 is 19.1 Å². The maximum atomic E-state index is 12.7. The molecule has 6 nitrogen and oxygen atoms in total. The van der Waals surface area contributed by atoms with Crippen LogP contribution in [0.2, 0.25) is 0 Å². The Morgan fingerprint density at radius 1 is 1.12 bits per heavy atom. The van der Waals surface area contributed by atoms with Crippen molar-refractivity contribution in [2.45, 2.75) is 20.0 Å². The van der Waals surface area contributed by atoms with Gasteiger partial charge in [-0.25, -0.2) is 9.69 Å².